The number of ether oxygens (including phenoxy) is 1. The van der Waals surface area contributed by atoms with Crippen LogP contribution in [0.2, 0.25) is 0 Å². The van der Waals surface area contributed by atoms with E-state index in [-0.39, 0.29) is 24.0 Å². The van der Waals surface area contributed by atoms with Gasteiger partial charge in [0.05, 0.1) is 6.61 Å². The molecule has 1 heterocycles. The molecule has 0 aromatic rings. The van der Waals surface area contributed by atoms with Crippen LogP contribution in [0.4, 0.5) is 0 Å². The molecule has 1 unspecified atom stereocenters. The average molecular weight is 440 g/mol. The van der Waals surface area contributed by atoms with Crippen molar-refractivity contribution in [1.29, 1.82) is 0 Å². The number of aliphatic imine (C=N–C) groups is 1. The summed E-state index contributed by atoms with van der Waals surface area (Å²) in [7, 11) is 1.77. The highest BCUT2D eigenvalue weighted by molar-refractivity contribution is 14.0. The van der Waals surface area contributed by atoms with Gasteiger partial charge >= 0.3 is 0 Å². The summed E-state index contributed by atoms with van der Waals surface area (Å²) in [4.78, 5) is 7.28. The first-order valence-electron chi connectivity index (χ1n) is 9.00. The van der Waals surface area contributed by atoms with E-state index in [0.717, 1.165) is 38.7 Å². The molecule has 0 aromatic carbocycles. The molecule has 1 fully saturated rings. The Labute approximate surface area is 160 Å². The Hall–Kier alpha value is -0.0800. The van der Waals surface area contributed by atoms with Crippen LogP contribution in [-0.4, -0.2) is 63.3 Å². The number of hydrogen-bond donors (Lipinski definition) is 2. The van der Waals surface area contributed by atoms with Gasteiger partial charge in [-0.1, -0.05) is 26.7 Å². The van der Waals surface area contributed by atoms with E-state index in [1.54, 1.807) is 7.11 Å². The van der Waals surface area contributed by atoms with Gasteiger partial charge in [-0.3, -0.25) is 9.89 Å². The van der Waals surface area contributed by atoms with Gasteiger partial charge in [-0.2, -0.15) is 0 Å². The molecule has 138 valence electrons. The number of guanidine groups is 1. The molecule has 0 bridgehead atoms. The van der Waals surface area contributed by atoms with Gasteiger partial charge in [0.2, 0.25) is 0 Å². The Balaban J connectivity index is 0.00000484. The zero-order valence-electron chi connectivity index (χ0n) is 15.4. The van der Waals surface area contributed by atoms with Crippen LogP contribution in [0.3, 0.4) is 0 Å². The van der Waals surface area contributed by atoms with Gasteiger partial charge in [-0.05, 0) is 32.2 Å². The lowest BCUT2D eigenvalue weighted by molar-refractivity contribution is 0.141. The van der Waals surface area contributed by atoms with E-state index < -0.39 is 0 Å². The molecule has 0 saturated carbocycles. The van der Waals surface area contributed by atoms with Crippen LogP contribution >= 0.6 is 24.0 Å². The summed E-state index contributed by atoms with van der Waals surface area (Å²) in [5.41, 5.74) is 0. The van der Waals surface area contributed by atoms with Gasteiger partial charge in [0.1, 0.15) is 0 Å². The predicted octanol–water partition coefficient (Wildman–Crippen LogP) is 2.71. The summed E-state index contributed by atoms with van der Waals surface area (Å²) in [5.74, 6) is 1.66. The number of halogens is 1. The van der Waals surface area contributed by atoms with Crippen molar-refractivity contribution in [2.75, 3.05) is 46.4 Å². The average Bonchev–Trinajstić information content (AvgIpc) is 2.98. The van der Waals surface area contributed by atoms with Gasteiger partial charge < -0.3 is 15.4 Å². The van der Waals surface area contributed by atoms with Crippen LogP contribution in [-0.2, 0) is 4.74 Å². The second kappa shape index (κ2) is 14.3. The minimum absolute atomic E-state index is 0. The molecule has 23 heavy (non-hydrogen) atoms. The van der Waals surface area contributed by atoms with Gasteiger partial charge in [-0.25, -0.2) is 0 Å². The molecule has 0 amide bonds. The highest BCUT2D eigenvalue weighted by Gasteiger charge is 2.23. The lowest BCUT2D eigenvalue weighted by Gasteiger charge is -2.25. The van der Waals surface area contributed by atoms with E-state index in [9.17, 15) is 0 Å². The third kappa shape index (κ3) is 9.10. The molecule has 0 aliphatic carbocycles. The molecule has 2 N–H and O–H groups in total. The third-order valence-electron chi connectivity index (χ3n) is 4.59. The largest absolute Gasteiger partial charge is 0.383 e. The lowest BCUT2D eigenvalue weighted by Crippen LogP contribution is -2.45. The Kier molecular flexibility index (Phi) is 14.2. The Bertz CT molecular complexity index is 311. The second-order valence-electron chi connectivity index (χ2n) is 6.11. The number of nitrogens with one attached hydrogen (secondary N) is 2. The summed E-state index contributed by atoms with van der Waals surface area (Å²) in [6.45, 7) is 12.5. The molecule has 5 nitrogen and oxygen atoms in total. The molecule has 1 rings (SSSR count). The maximum absolute atomic E-state index is 5.21. The van der Waals surface area contributed by atoms with Crippen molar-refractivity contribution in [2.45, 2.75) is 52.5 Å². The maximum atomic E-state index is 5.21. The van der Waals surface area contributed by atoms with E-state index in [4.69, 9.17) is 9.73 Å². The van der Waals surface area contributed by atoms with Crippen LogP contribution in [0.1, 0.15) is 46.5 Å². The summed E-state index contributed by atoms with van der Waals surface area (Å²) in [6.07, 6.45) is 4.96. The maximum Gasteiger partial charge on any atom is 0.191 e. The summed E-state index contributed by atoms with van der Waals surface area (Å²) in [6, 6.07) is 0.604. The van der Waals surface area contributed by atoms with Crippen LogP contribution in [0.15, 0.2) is 4.99 Å². The SMILES string of the molecule is CCNC(=NCC(CC)CC)NCC1CCCN1CCOC.I. The number of methoxy groups -OCH3 is 1. The Morgan fingerprint density at radius 1 is 1.26 bits per heavy atom. The fourth-order valence-electron chi connectivity index (χ4n) is 2.95. The van der Waals surface area contributed by atoms with E-state index in [0.29, 0.717) is 12.0 Å². The second-order valence-corrected chi connectivity index (χ2v) is 6.11. The van der Waals surface area contributed by atoms with Crippen LogP contribution in [0, 0.1) is 5.92 Å². The molecule has 0 aromatic heterocycles. The van der Waals surface area contributed by atoms with E-state index in [1.165, 1.54) is 32.2 Å². The minimum atomic E-state index is 0. The van der Waals surface area contributed by atoms with Crippen molar-refractivity contribution in [3.8, 4) is 0 Å². The number of likely N-dealkylation sites (tertiary alicyclic amines) is 1. The Morgan fingerprint density at radius 3 is 2.61 bits per heavy atom. The molecule has 1 aliphatic heterocycles. The molecule has 0 radical (unpaired) electrons. The third-order valence-corrected chi connectivity index (χ3v) is 4.59. The summed E-state index contributed by atoms with van der Waals surface area (Å²) < 4.78 is 5.21. The van der Waals surface area contributed by atoms with Gasteiger partial charge in [-0.15, -0.1) is 24.0 Å². The normalized spacial score (nSPS) is 19.0. The molecule has 0 spiro atoms. The smallest absolute Gasteiger partial charge is 0.191 e. The number of rotatable bonds is 10. The van der Waals surface area contributed by atoms with Crippen molar-refractivity contribution in [3.63, 3.8) is 0 Å². The van der Waals surface area contributed by atoms with Crippen molar-refractivity contribution in [3.05, 3.63) is 0 Å². The number of nitrogens with zero attached hydrogens (tertiary/aromatic N) is 2. The quantitative estimate of drug-likeness (QED) is 0.312. The molecule has 1 atom stereocenters. The topological polar surface area (TPSA) is 48.9 Å². The monoisotopic (exact) mass is 440 g/mol. The first-order valence-corrected chi connectivity index (χ1v) is 9.00. The summed E-state index contributed by atoms with van der Waals surface area (Å²) >= 11 is 0. The van der Waals surface area contributed by atoms with Crippen molar-refractivity contribution < 1.29 is 4.74 Å². The minimum Gasteiger partial charge on any atom is -0.383 e. The van der Waals surface area contributed by atoms with E-state index in [1.807, 2.05) is 0 Å². The highest BCUT2D eigenvalue weighted by atomic mass is 127. The lowest BCUT2D eigenvalue weighted by atomic mass is 10.0. The van der Waals surface area contributed by atoms with Gasteiger partial charge in [0.15, 0.2) is 5.96 Å². The molecular weight excluding hydrogens is 403 g/mol. The van der Waals surface area contributed by atoms with Gasteiger partial charge in [0, 0.05) is 39.3 Å². The fourth-order valence-corrected chi connectivity index (χ4v) is 2.95. The number of hydrogen-bond acceptors (Lipinski definition) is 3. The molecule has 1 saturated heterocycles. The van der Waals surface area contributed by atoms with Gasteiger partial charge in [0.25, 0.3) is 0 Å². The van der Waals surface area contributed by atoms with E-state index in [2.05, 4.69) is 36.3 Å². The molecular formula is C17H37IN4O. The molecule has 1 aliphatic rings. The first kappa shape index (κ1) is 22.9. The first-order chi connectivity index (χ1) is 10.7. The van der Waals surface area contributed by atoms with Crippen molar-refractivity contribution >= 4 is 29.9 Å². The fraction of sp³-hybridized carbons (Fsp3) is 0.941. The zero-order valence-corrected chi connectivity index (χ0v) is 17.8. The summed E-state index contributed by atoms with van der Waals surface area (Å²) in [5, 5.41) is 6.89. The van der Waals surface area contributed by atoms with Crippen LogP contribution in [0.25, 0.3) is 0 Å². The highest BCUT2D eigenvalue weighted by Crippen LogP contribution is 2.15. The standard InChI is InChI=1S/C17H36N4O.HI/c1-5-15(6-2)13-19-17(18-7-3)20-14-16-9-8-10-21(16)11-12-22-4;/h15-16H,5-14H2,1-4H3,(H2,18,19,20);1H. The Morgan fingerprint density at radius 2 is 2.00 bits per heavy atom. The zero-order chi connectivity index (χ0) is 16.2. The van der Waals surface area contributed by atoms with Crippen LogP contribution < -0.4 is 10.6 Å². The molecule has 6 heteroatoms. The van der Waals surface area contributed by atoms with E-state index >= 15 is 0 Å². The van der Waals surface area contributed by atoms with Crippen molar-refractivity contribution in [2.24, 2.45) is 10.9 Å². The van der Waals surface area contributed by atoms with Crippen molar-refractivity contribution in [1.82, 2.24) is 15.5 Å². The van der Waals surface area contributed by atoms with Crippen LogP contribution in [0.5, 0.6) is 0 Å². The predicted molar refractivity (Wildman–Crippen MR) is 110 cm³/mol.